The minimum absolute atomic E-state index is 0.0250. The molecule has 0 aliphatic rings. The lowest BCUT2D eigenvalue weighted by atomic mass is 10.1. The lowest BCUT2D eigenvalue weighted by molar-refractivity contribution is -0.115. The van der Waals surface area contributed by atoms with Crippen molar-refractivity contribution in [3.8, 4) is 18.1 Å². The second kappa shape index (κ2) is 9.82. The number of ether oxygens (including phenoxy) is 2. The Kier molecular flexibility index (Phi) is 7.86. The maximum Gasteiger partial charge on any atom is 0.158 e. The summed E-state index contributed by atoms with van der Waals surface area (Å²) in [5.41, 5.74) is 0.899. The molecule has 0 unspecified atom stereocenters. The first-order valence-corrected chi connectivity index (χ1v) is 6.72. The fourth-order valence-corrected chi connectivity index (χ4v) is 1.58. The van der Waals surface area contributed by atoms with E-state index in [0.29, 0.717) is 32.7 Å². The third-order valence-electron chi connectivity index (χ3n) is 2.55. The third-order valence-corrected chi connectivity index (χ3v) is 2.55. The van der Waals surface area contributed by atoms with E-state index in [2.05, 4.69) is 5.92 Å². The molecule has 1 aromatic rings. The molecule has 0 saturated carbocycles. The molecule has 0 bridgehead atoms. The number of carbonyl (C=O) groups is 1. The monoisotopic (exact) mass is 272 g/mol. The van der Waals surface area contributed by atoms with Crippen molar-refractivity contribution in [3.63, 3.8) is 0 Å². The Labute approximate surface area is 120 Å². The van der Waals surface area contributed by atoms with E-state index in [1.165, 1.54) is 0 Å². The first-order chi connectivity index (χ1) is 9.77. The average molecular weight is 272 g/mol. The average Bonchev–Trinajstić information content (AvgIpc) is 2.46. The topological polar surface area (TPSA) is 35.5 Å². The molecule has 1 rings (SSSR count). The van der Waals surface area contributed by atoms with Gasteiger partial charge in [0, 0.05) is 18.4 Å². The third kappa shape index (κ3) is 6.21. The second-order valence-electron chi connectivity index (χ2n) is 4.09. The van der Waals surface area contributed by atoms with Crippen LogP contribution in [0.4, 0.5) is 0 Å². The SMILES string of the molecule is C#CCCOCCC(=O)/C=C/c1ccccc1OCC. The summed E-state index contributed by atoms with van der Waals surface area (Å²) in [4.78, 5) is 11.7. The largest absolute Gasteiger partial charge is 0.493 e. The van der Waals surface area contributed by atoms with Crippen LogP contribution in [0, 0.1) is 12.3 Å². The van der Waals surface area contributed by atoms with Gasteiger partial charge in [-0.05, 0) is 25.1 Å². The predicted molar refractivity (Wildman–Crippen MR) is 80.5 cm³/mol. The van der Waals surface area contributed by atoms with Crippen LogP contribution in [0.15, 0.2) is 30.3 Å². The van der Waals surface area contributed by atoms with Crippen molar-refractivity contribution in [2.75, 3.05) is 19.8 Å². The molecule has 0 radical (unpaired) electrons. The fraction of sp³-hybridized carbons (Fsp3) is 0.353. The molecule has 1 aromatic carbocycles. The Morgan fingerprint density at radius 1 is 1.35 bits per heavy atom. The molecule has 0 atom stereocenters. The van der Waals surface area contributed by atoms with Gasteiger partial charge in [0.15, 0.2) is 5.78 Å². The summed E-state index contributed by atoms with van der Waals surface area (Å²) in [6.45, 7) is 3.43. The molecule has 0 fully saturated rings. The van der Waals surface area contributed by atoms with Crippen LogP contribution in [-0.4, -0.2) is 25.6 Å². The van der Waals surface area contributed by atoms with Crippen LogP contribution in [0.1, 0.15) is 25.3 Å². The fourth-order valence-electron chi connectivity index (χ4n) is 1.58. The Hall–Kier alpha value is -2.05. The van der Waals surface area contributed by atoms with Gasteiger partial charge in [0.05, 0.1) is 19.8 Å². The van der Waals surface area contributed by atoms with Gasteiger partial charge in [0.2, 0.25) is 0 Å². The maximum atomic E-state index is 11.7. The quantitative estimate of drug-likeness (QED) is 0.394. The predicted octanol–water partition coefficient (Wildman–Crippen LogP) is 3.10. The highest BCUT2D eigenvalue weighted by atomic mass is 16.5. The number of terminal acetylenes is 1. The Bertz CT molecular complexity index is 483. The Morgan fingerprint density at radius 2 is 2.15 bits per heavy atom. The number of ketones is 1. The van der Waals surface area contributed by atoms with Crippen LogP contribution in [0.5, 0.6) is 5.75 Å². The number of para-hydroxylation sites is 1. The molecular weight excluding hydrogens is 252 g/mol. The highest BCUT2D eigenvalue weighted by molar-refractivity contribution is 5.93. The van der Waals surface area contributed by atoms with Crippen LogP contribution in [0.2, 0.25) is 0 Å². The van der Waals surface area contributed by atoms with Crippen LogP contribution < -0.4 is 4.74 Å². The molecule has 0 spiro atoms. The summed E-state index contributed by atoms with van der Waals surface area (Å²) in [7, 11) is 0. The van der Waals surface area contributed by atoms with Gasteiger partial charge in [-0.15, -0.1) is 12.3 Å². The normalized spacial score (nSPS) is 10.4. The number of rotatable bonds is 9. The number of benzene rings is 1. The van der Waals surface area contributed by atoms with E-state index in [1.807, 2.05) is 31.2 Å². The maximum absolute atomic E-state index is 11.7. The van der Waals surface area contributed by atoms with Crippen molar-refractivity contribution >= 4 is 11.9 Å². The van der Waals surface area contributed by atoms with E-state index in [9.17, 15) is 4.79 Å². The second-order valence-corrected chi connectivity index (χ2v) is 4.09. The lowest BCUT2D eigenvalue weighted by Crippen LogP contribution is -2.02. The first-order valence-electron chi connectivity index (χ1n) is 6.72. The van der Waals surface area contributed by atoms with E-state index >= 15 is 0 Å². The van der Waals surface area contributed by atoms with Gasteiger partial charge in [-0.3, -0.25) is 4.79 Å². The van der Waals surface area contributed by atoms with E-state index in [1.54, 1.807) is 12.2 Å². The molecule has 0 amide bonds. The zero-order valence-corrected chi connectivity index (χ0v) is 11.8. The standard InChI is InChI=1S/C17H20O3/c1-3-5-13-19-14-12-16(18)11-10-15-8-6-7-9-17(15)20-4-2/h1,6-11H,4-5,12-14H2,2H3/b11-10+. The van der Waals surface area contributed by atoms with Crippen molar-refractivity contribution in [1.82, 2.24) is 0 Å². The van der Waals surface area contributed by atoms with E-state index < -0.39 is 0 Å². The van der Waals surface area contributed by atoms with Crippen LogP contribution >= 0.6 is 0 Å². The summed E-state index contributed by atoms with van der Waals surface area (Å²) in [5, 5.41) is 0. The van der Waals surface area contributed by atoms with E-state index in [-0.39, 0.29) is 5.78 Å². The molecule has 20 heavy (non-hydrogen) atoms. The smallest absolute Gasteiger partial charge is 0.158 e. The van der Waals surface area contributed by atoms with Crippen LogP contribution in [0.25, 0.3) is 6.08 Å². The molecule has 106 valence electrons. The minimum atomic E-state index is 0.0250. The van der Waals surface area contributed by atoms with Crippen LogP contribution in [0.3, 0.4) is 0 Å². The molecular formula is C17H20O3. The molecule has 0 saturated heterocycles. The summed E-state index contributed by atoms with van der Waals surface area (Å²) in [5.74, 6) is 3.29. The molecule has 3 heteroatoms. The van der Waals surface area contributed by atoms with E-state index in [0.717, 1.165) is 11.3 Å². The molecule has 3 nitrogen and oxygen atoms in total. The zero-order chi connectivity index (χ0) is 14.6. The van der Waals surface area contributed by atoms with Gasteiger partial charge in [0.1, 0.15) is 5.75 Å². The van der Waals surface area contributed by atoms with Crippen molar-refractivity contribution in [2.24, 2.45) is 0 Å². The van der Waals surface area contributed by atoms with Gasteiger partial charge in [0.25, 0.3) is 0 Å². The lowest BCUT2D eigenvalue weighted by Gasteiger charge is -2.06. The van der Waals surface area contributed by atoms with Gasteiger partial charge in [-0.2, -0.15) is 0 Å². The summed E-state index contributed by atoms with van der Waals surface area (Å²) in [6, 6.07) is 7.62. The molecule has 0 aliphatic heterocycles. The number of hydrogen-bond donors (Lipinski definition) is 0. The number of hydrogen-bond acceptors (Lipinski definition) is 3. The van der Waals surface area contributed by atoms with E-state index in [4.69, 9.17) is 15.9 Å². The molecule has 0 aliphatic carbocycles. The Morgan fingerprint density at radius 3 is 2.90 bits per heavy atom. The Balaban J connectivity index is 2.43. The van der Waals surface area contributed by atoms with Crippen molar-refractivity contribution in [2.45, 2.75) is 19.8 Å². The highest BCUT2D eigenvalue weighted by Crippen LogP contribution is 2.19. The highest BCUT2D eigenvalue weighted by Gasteiger charge is 2.00. The number of allylic oxidation sites excluding steroid dienone is 1. The molecule has 0 heterocycles. The van der Waals surface area contributed by atoms with Crippen LogP contribution in [-0.2, 0) is 9.53 Å². The van der Waals surface area contributed by atoms with Gasteiger partial charge >= 0.3 is 0 Å². The van der Waals surface area contributed by atoms with Gasteiger partial charge in [-0.1, -0.05) is 18.2 Å². The van der Waals surface area contributed by atoms with Crippen molar-refractivity contribution in [1.29, 1.82) is 0 Å². The zero-order valence-electron chi connectivity index (χ0n) is 11.8. The minimum Gasteiger partial charge on any atom is -0.493 e. The molecule has 0 N–H and O–H groups in total. The van der Waals surface area contributed by atoms with Gasteiger partial charge < -0.3 is 9.47 Å². The van der Waals surface area contributed by atoms with Crippen molar-refractivity contribution in [3.05, 3.63) is 35.9 Å². The first kappa shape index (κ1) is 16.0. The summed E-state index contributed by atoms with van der Waals surface area (Å²) >= 11 is 0. The molecule has 0 aromatic heterocycles. The number of carbonyl (C=O) groups excluding carboxylic acids is 1. The summed E-state index contributed by atoms with van der Waals surface area (Å²) in [6.07, 6.45) is 9.37. The van der Waals surface area contributed by atoms with Crippen molar-refractivity contribution < 1.29 is 14.3 Å². The summed E-state index contributed by atoms with van der Waals surface area (Å²) < 4.78 is 10.7. The van der Waals surface area contributed by atoms with Gasteiger partial charge in [-0.25, -0.2) is 0 Å².